The van der Waals surface area contributed by atoms with Crippen LogP contribution in [0.15, 0.2) is 18.2 Å². The van der Waals surface area contributed by atoms with Crippen LogP contribution in [0.5, 0.6) is 0 Å². The van der Waals surface area contributed by atoms with Crippen molar-refractivity contribution in [2.45, 2.75) is 33.1 Å². The van der Waals surface area contributed by atoms with E-state index in [1.165, 1.54) is 16.7 Å². The largest absolute Gasteiger partial charge is 0.303 e. The first kappa shape index (κ1) is 9.97. The van der Waals surface area contributed by atoms with Crippen LogP contribution in [0.3, 0.4) is 0 Å². The highest BCUT2D eigenvalue weighted by molar-refractivity contribution is 5.63. The van der Waals surface area contributed by atoms with E-state index >= 15 is 0 Å². The van der Waals surface area contributed by atoms with Gasteiger partial charge in [-0.2, -0.15) is 0 Å². The smallest absolute Gasteiger partial charge is 0.127 e. The molecule has 0 saturated carbocycles. The Morgan fingerprint density at radius 2 is 2.08 bits per heavy atom. The van der Waals surface area contributed by atoms with Crippen molar-refractivity contribution in [1.82, 2.24) is 0 Å². The summed E-state index contributed by atoms with van der Waals surface area (Å²) in [6.45, 7) is 6.15. The molecule has 1 rings (SSSR count). The molecule has 1 aromatic rings. The highest BCUT2D eigenvalue weighted by Gasteiger charge is 2.10. The zero-order valence-corrected chi connectivity index (χ0v) is 8.50. The average molecular weight is 176 g/mol. The maximum Gasteiger partial charge on any atom is 0.127 e. The van der Waals surface area contributed by atoms with E-state index in [1.807, 2.05) is 6.92 Å². The van der Waals surface area contributed by atoms with Gasteiger partial charge in [-0.15, -0.1) is 0 Å². The number of aldehydes is 1. The molecule has 0 aliphatic heterocycles. The average Bonchev–Trinajstić information content (AvgIpc) is 2.13. The van der Waals surface area contributed by atoms with Crippen molar-refractivity contribution in [3.05, 3.63) is 34.9 Å². The SMILES string of the molecule is CCC(C=O)c1cc(C)ccc1C. The minimum absolute atomic E-state index is 0.0694. The van der Waals surface area contributed by atoms with Gasteiger partial charge in [0.2, 0.25) is 0 Å². The molecule has 0 aliphatic rings. The number of carbonyl (C=O) groups is 1. The van der Waals surface area contributed by atoms with Crippen LogP contribution < -0.4 is 0 Å². The molecule has 0 saturated heterocycles. The van der Waals surface area contributed by atoms with Gasteiger partial charge in [-0.1, -0.05) is 30.7 Å². The topological polar surface area (TPSA) is 17.1 Å². The van der Waals surface area contributed by atoms with E-state index in [9.17, 15) is 4.79 Å². The van der Waals surface area contributed by atoms with E-state index in [2.05, 4.69) is 32.0 Å². The molecule has 70 valence electrons. The molecule has 0 aliphatic carbocycles. The number of hydrogen-bond donors (Lipinski definition) is 0. The molecule has 0 N–H and O–H groups in total. The lowest BCUT2D eigenvalue weighted by Crippen LogP contribution is -2.01. The lowest BCUT2D eigenvalue weighted by Gasteiger charge is -2.11. The third-order valence-electron chi connectivity index (χ3n) is 2.44. The van der Waals surface area contributed by atoms with Crippen LogP contribution in [-0.4, -0.2) is 6.29 Å². The standard InChI is InChI=1S/C12H16O/c1-4-11(8-13)12-7-9(2)5-6-10(12)3/h5-8,11H,4H2,1-3H3. The van der Waals surface area contributed by atoms with Crippen molar-refractivity contribution in [2.24, 2.45) is 0 Å². The Kier molecular flexibility index (Phi) is 3.24. The molecule has 13 heavy (non-hydrogen) atoms. The van der Waals surface area contributed by atoms with Gasteiger partial charge in [-0.05, 0) is 31.4 Å². The van der Waals surface area contributed by atoms with Gasteiger partial charge in [0.25, 0.3) is 0 Å². The summed E-state index contributed by atoms with van der Waals surface area (Å²) in [5.41, 5.74) is 3.61. The number of carbonyl (C=O) groups excluding carboxylic acids is 1. The number of rotatable bonds is 3. The second-order valence-electron chi connectivity index (χ2n) is 3.51. The summed E-state index contributed by atoms with van der Waals surface area (Å²) in [6, 6.07) is 6.27. The van der Waals surface area contributed by atoms with Crippen molar-refractivity contribution >= 4 is 6.29 Å². The second-order valence-corrected chi connectivity index (χ2v) is 3.51. The Labute approximate surface area is 79.8 Å². The fraction of sp³-hybridized carbons (Fsp3) is 0.417. The second kappa shape index (κ2) is 4.22. The maximum atomic E-state index is 10.8. The summed E-state index contributed by atoms with van der Waals surface area (Å²) in [6.07, 6.45) is 1.93. The van der Waals surface area contributed by atoms with Crippen LogP contribution in [0.2, 0.25) is 0 Å². The van der Waals surface area contributed by atoms with Crippen molar-refractivity contribution in [3.63, 3.8) is 0 Å². The summed E-state index contributed by atoms with van der Waals surface area (Å²) in [5, 5.41) is 0. The minimum atomic E-state index is 0.0694. The number of benzene rings is 1. The lowest BCUT2D eigenvalue weighted by molar-refractivity contribution is -0.109. The first-order valence-electron chi connectivity index (χ1n) is 4.71. The Morgan fingerprint density at radius 1 is 1.38 bits per heavy atom. The van der Waals surface area contributed by atoms with Crippen molar-refractivity contribution in [1.29, 1.82) is 0 Å². The molecule has 1 atom stereocenters. The van der Waals surface area contributed by atoms with E-state index < -0.39 is 0 Å². The summed E-state index contributed by atoms with van der Waals surface area (Å²) < 4.78 is 0. The Morgan fingerprint density at radius 3 is 2.62 bits per heavy atom. The van der Waals surface area contributed by atoms with Crippen molar-refractivity contribution in [3.8, 4) is 0 Å². The molecule has 0 aromatic heterocycles. The fourth-order valence-electron chi connectivity index (χ4n) is 1.55. The van der Waals surface area contributed by atoms with E-state index in [4.69, 9.17) is 0 Å². The van der Waals surface area contributed by atoms with Gasteiger partial charge in [0.1, 0.15) is 6.29 Å². The predicted molar refractivity (Wildman–Crippen MR) is 55.0 cm³/mol. The van der Waals surface area contributed by atoms with E-state index in [1.54, 1.807) is 0 Å². The van der Waals surface area contributed by atoms with E-state index in [0.29, 0.717) is 0 Å². The first-order valence-corrected chi connectivity index (χ1v) is 4.71. The Balaban J connectivity index is 3.10. The molecule has 0 heterocycles. The molecule has 0 spiro atoms. The molecule has 0 fully saturated rings. The fourth-order valence-corrected chi connectivity index (χ4v) is 1.55. The van der Waals surface area contributed by atoms with Gasteiger partial charge >= 0.3 is 0 Å². The zero-order valence-electron chi connectivity index (χ0n) is 8.50. The summed E-state index contributed by atoms with van der Waals surface area (Å²) >= 11 is 0. The Bertz CT molecular complexity index is 302. The summed E-state index contributed by atoms with van der Waals surface area (Å²) in [4.78, 5) is 10.8. The van der Waals surface area contributed by atoms with E-state index in [0.717, 1.165) is 12.7 Å². The monoisotopic (exact) mass is 176 g/mol. The van der Waals surface area contributed by atoms with Gasteiger partial charge < -0.3 is 4.79 Å². The number of hydrogen-bond acceptors (Lipinski definition) is 1. The molecule has 1 heteroatoms. The van der Waals surface area contributed by atoms with Gasteiger partial charge in [-0.3, -0.25) is 0 Å². The molecule has 1 aromatic carbocycles. The van der Waals surface area contributed by atoms with Crippen LogP contribution >= 0.6 is 0 Å². The summed E-state index contributed by atoms with van der Waals surface area (Å²) in [5.74, 6) is 0.0694. The molecule has 0 amide bonds. The van der Waals surface area contributed by atoms with Crippen molar-refractivity contribution < 1.29 is 4.79 Å². The molecule has 0 bridgehead atoms. The third-order valence-corrected chi connectivity index (χ3v) is 2.44. The van der Waals surface area contributed by atoms with Crippen LogP contribution in [0.1, 0.15) is 36.0 Å². The predicted octanol–water partition coefficient (Wildman–Crippen LogP) is 3.00. The van der Waals surface area contributed by atoms with Crippen LogP contribution in [0.25, 0.3) is 0 Å². The molecule has 1 unspecified atom stereocenters. The zero-order chi connectivity index (χ0) is 9.84. The highest BCUT2D eigenvalue weighted by atomic mass is 16.1. The minimum Gasteiger partial charge on any atom is -0.303 e. The Hall–Kier alpha value is -1.11. The third kappa shape index (κ3) is 2.18. The molecule has 0 radical (unpaired) electrons. The molecular formula is C12H16O. The molecule has 1 nitrogen and oxygen atoms in total. The van der Waals surface area contributed by atoms with Gasteiger partial charge in [0, 0.05) is 5.92 Å². The highest BCUT2D eigenvalue weighted by Crippen LogP contribution is 2.21. The van der Waals surface area contributed by atoms with E-state index in [-0.39, 0.29) is 5.92 Å². The lowest BCUT2D eigenvalue weighted by atomic mass is 9.92. The van der Waals surface area contributed by atoms with Gasteiger partial charge in [0.05, 0.1) is 0 Å². The van der Waals surface area contributed by atoms with Crippen LogP contribution in [-0.2, 0) is 4.79 Å². The van der Waals surface area contributed by atoms with Gasteiger partial charge in [-0.25, -0.2) is 0 Å². The first-order chi connectivity index (χ1) is 6.19. The quantitative estimate of drug-likeness (QED) is 0.647. The van der Waals surface area contributed by atoms with Crippen LogP contribution in [0.4, 0.5) is 0 Å². The van der Waals surface area contributed by atoms with Crippen molar-refractivity contribution in [2.75, 3.05) is 0 Å². The normalized spacial score (nSPS) is 12.5. The van der Waals surface area contributed by atoms with Gasteiger partial charge in [0.15, 0.2) is 0 Å². The van der Waals surface area contributed by atoms with Crippen LogP contribution in [0, 0.1) is 13.8 Å². The molecular weight excluding hydrogens is 160 g/mol. The number of aryl methyl sites for hydroxylation is 2. The maximum absolute atomic E-state index is 10.8. The summed E-state index contributed by atoms with van der Waals surface area (Å²) in [7, 11) is 0.